The number of aliphatic hydroxyl groups excluding tert-OH is 1. The van der Waals surface area contributed by atoms with E-state index in [1.165, 1.54) is 96.3 Å². The normalized spacial score (nSPS) is 14.6. The van der Waals surface area contributed by atoms with Gasteiger partial charge in [0.05, 0.1) is 26.4 Å². The van der Waals surface area contributed by atoms with Crippen LogP contribution >= 0.6 is 15.6 Å². The maximum Gasteiger partial charge on any atom is 0.472 e. The van der Waals surface area contributed by atoms with E-state index in [0.717, 1.165) is 128 Å². The van der Waals surface area contributed by atoms with E-state index in [1.807, 2.05) is 18.2 Å². The molecule has 98 heavy (non-hydrogen) atoms. The van der Waals surface area contributed by atoms with Crippen LogP contribution in [0.25, 0.3) is 0 Å². The lowest BCUT2D eigenvalue weighted by Gasteiger charge is -2.21. The molecule has 0 aliphatic heterocycles. The highest BCUT2D eigenvalue weighted by atomic mass is 31.2. The SMILES string of the molecule is CC/C=C\C/C=C\C/C=C\C/C=C\C/C=C\C/C=C\CCC(=O)OCC(COP(=O)(O)OCC(O)COP(=O)(O)OCC(COC(=O)CCCCCCCCCCCCCCC)OC(=O)CCCCCCCCCCCCC)OC(=O)CCCCCCC/C=C\C/C=C\C/C=C\CC. The van der Waals surface area contributed by atoms with Crippen LogP contribution in [0.4, 0.5) is 0 Å². The molecular weight excluding hydrogens is 1280 g/mol. The zero-order valence-corrected chi connectivity index (χ0v) is 63.2. The number of hydrogen-bond donors (Lipinski definition) is 3. The van der Waals surface area contributed by atoms with Gasteiger partial charge in [0.25, 0.3) is 0 Å². The van der Waals surface area contributed by atoms with Gasteiger partial charge in [-0.15, -0.1) is 0 Å². The zero-order chi connectivity index (χ0) is 71.8. The first-order chi connectivity index (χ1) is 47.7. The average molecular weight is 1420 g/mol. The monoisotopic (exact) mass is 1420 g/mol. The van der Waals surface area contributed by atoms with E-state index in [4.69, 9.17) is 37.0 Å². The molecule has 5 unspecified atom stereocenters. The van der Waals surface area contributed by atoms with Gasteiger partial charge in [0, 0.05) is 25.7 Å². The van der Waals surface area contributed by atoms with Crippen LogP contribution in [0.15, 0.2) is 109 Å². The molecule has 0 radical (unpaired) electrons. The Morgan fingerprint density at radius 1 is 0.296 bits per heavy atom. The third kappa shape index (κ3) is 70.2. The molecule has 3 N–H and O–H groups in total. The molecule has 0 heterocycles. The summed E-state index contributed by atoms with van der Waals surface area (Å²) in [5, 5.41) is 10.6. The summed E-state index contributed by atoms with van der Waals surface area (Å²) in [4.78, 5) is 72.7. The number of esters is 4. The summed E-state index contributed by atoms with van der Waals surface area (Å²) in [6.45, 7) is 4.55. The molecule has 0 aliphatic rings. The first kappa shape index (κ1) is 93.7. The molecule has 0 aliphatic carbocycles. The van der Waals surface area contributed by atoms with E-state index in [2.05, 4.69) is 119 Å². The molecule has 0 rings (SSSR count). The van der Waals surface area contributed by atoms with Crippen LogP contribution in [0.5, 0.6) is 0 Å². The number of unbranched alkanes of at least 4 members (excludes halogenated alkanes) is 27. The molecule has 0 saturated carbocycles. The van der Waals surface area contributed by atoms with Gasteiger partial charge in [-0.3, -0.25) is 37.3 Å². The minimum absolute atomic E-state index is 0.0312. The Balaban J connectivity index is 5.39. The van der Waals surface area contributed by atoms with Crippen LogP contribution in [0.2, 0.25) is 0 Å². The molecule has 19 heteroatoms. The van der Waals surface area contributed by atoms with Gasteiger partial charge in [0.1, 0.15) is 19.3 Å². The minimum Gasteiger partial charge on any atom is -0.462 e. The number of phosphoric acid groups is 2. The highest BCUT2D eigenvalue weighted by Crippen LogP contribution is 2.45. The topological polar surface area (TPSA) is 237 Å². The minimum atomic E-state index is -4.99. The lowest BCUT2D eigenvalue weighted by molar-refractivity contribution is -0.161. The van der Waals surface area contributed by atoms with Gasteiger partial charge in [0.15, 0.2) is 12.2 Å². The Kier molecular flexibility index (Phi) is 68.0. The highest BCUT2D eigenvalue weighted by Gasteiger charge is 2.30. The van der Waals surface area contributed by atoms with Crippen LogP contribution in [0.1, 0.15) is 310 Å². The van der Waals surface area contributed by atoms with Crippen molar-refractivity contribution in [3.8, 4) is 0 Å². The molecule has 0 saturated heterocycles. The first-order valence-corrected chi connectivity index (χ1v) is 41.1. The van der Waals surface area contributed by atoms with Gasteiger partial charge in [-0.25, -0.2) is 9.13 Å². The lowest BCUT2D eigenvalue weighted by atomic mass is 10.0. The summed E-state index contributed by atoms with van der Waals surface area (Å²) in [5.41, 5.74) is 0. The molecular formula is C79H136O17P2. The average Bonchev–Trinajstić information content (AvgIpc) is 0.992. The van der Waals surface area contributed by atoms with Crippen molar-refractivity contribution in [3.63, 3.8) is 0 Å². The molecule has 564 valence electrons. The summed E-state index contributed by atoms with van der Waals surface area (Å²) in [6.07, 6.45) is 75.3. The van der Waals surface area contributed by atoms with Crippen molar-refractivity contribution in [1.82, 2.24) is 0 Å². The number of allylic oxidation sites excluding steroid dienone is 18. The number of phosphoric ester groups is 2. The standard InChI is InChI=1S/C79H136O17P2/c1-5-9-13-17-21-25-29-32-34-35-36-37-39-41-45-48-52-56-60-64-77(82)90-70-75(96-79(84)66-62-58-54-50-46-42-38-33-30-26-22-18-14-10-6-2)72-94-98(87,88)92-68-73(80)67-91-97(85,86)93-71-74(95-78(83)65-61-57-53-49-43-28-24-20-16-12-8-4)69-89-76(81)63-59-55-51-47-44-40-31-27-23-19-15-11-7-3/h9-10,13-14,21-22,25-26,32-34,36-38,41,45,52,56,73-75,80H,5-8,11-12,15-20,23-24,27-31,35,39-40,42-44,46-51,53-55,57-72H2,1-4H3,(H,85,86)(H,87,88)/b13-9-,14-10-,25-21-,26-22-,34-32-,37-36-,38-33-,45-41-,56-52-. The van der Waals surface area contributed by atoms with E-state index in [1.54, 1.807) is 0 Å². The van der Waals surface area contributed by atoms with Crippen LogP contribution in [-0.4, -0.2) is 96.7 Å². The summed E-state index contributed by atoms with van der Waals surface area (Å²) >= 11 is 0. The van der Waals surface area contributed by atoms with Gasteiger partial charge in [-0.1, -0.05) is 298 Å². The van der Waals surface area contributed by atoms with Gasteiger partial charge in [-0.2, -0.15) is 0 Å². The van der Waals surface area contributed by atoms with Gasteiger partial charge >= 0.3 is 39.5 Å². The maximum absolute atomic E-state index is 13.1. The Bertz CT molecular complexity index is 2290. The van der Waals surface area contributed by atoms with Gasteiger partial charge < -0.3 is 33.8 Å². The van der Waals surface area contributed by atoms with Crippen molar-refractivity contribution in [2.75, 3.05) is 39.6 Å². The van der Waals surface area contributed by atoms with Crippen molar-refractivity contribution in [3.05, 3.63) is 109 Å². The predicted molar refractivity (Wildman–Crippen MR) is 399 cm³/mol. The summed E-state index contributed by atoms with van der Waals surface area (Å²) in [6, 6.07) is 0. The van der Waals surface area contributed by atoms with E-state index in [0.29, 0.717) is 32.1 Å². The molecule has 0 aromatic heterocycles. The maximum atomic E-state index is 13.1. The third-order valence-electron chi connectivity index (χ3n) is 15.8. The number of carbonyl (C=O) groups excluding carboxylic acids is 4. The second kappa shape index (κ2) is 71.1. The third-order valence-corrected chi connectivity index (χ3v) is 17.7. The second-order valence-electron chi connectivity index (χ2n) is 25.2. The molecule has 0 spiro atoms. The number of rotatable bonds is 71. The predicted octanol–water partition coefficient (Wildman–Crippen LogP) is 21.8. The van der Waals surface area contributed by atoms with Crippen molar-refractivity contribution in [1.29, 1.82) is 0 Å². The Morgan fingerprint density at radius 2 is 0.551 bits per heavy atom. The summed E-state index contributed by atoms with van der Waals surface area (Å²) < 4.78 is 68.3. The molecule has 5 atom stereocenters. The number of hydrogen-bond acceptors (Lipinski definition) is 15. The van der Waals surface area contributed by atoms with Crippen LogP contribution < -0.4 is 0 Å². The molecule has 0 fully saturated rings. The highest BCUT2D eigenvalue weighted by molar-refractivity contribution is 7.47. The van der Waals surface area contributed by atoms with Crippen LogP contribution in [0.3, 0.4) is 0 Å². The van der Waals surface area contributed by atoms with Crippen molar-refractivity contribution >= 4 is 39.5 Å². The number of carbonyl (C=O) groups is 4. The van der Waals surface area contributed by atoms with Gasteiger partial charge in [0.2, 0.25) is 0 Å². The Morgan fingerprint density at radius 3 is 0.878 bits per heavy atom. The molecule has 0 bridgehead atoms. The lowest BCUT2D eigenvalue weighted by Crippen LogP contribution is -2.30. The molecule has 17 nitrogen and oxygen atoms in total. The molecule has 0 aromatic carbocycles. The summed E-state index contributed by atoms with van der Waals surface area (Å²) in [5.74, 6) is -2.28. The smallest absolute Gasteiger partial charge is 0.462 e. The van der Waals surface area contributed by atoms with Crippen LogP contribution in [-0.2, 0) is 65.4 Å². The van der Waals surface area contributed by atoms with E-state index in [-0.39, 0.29) is 25.7 Å². The fourth-order valence-corrected chi connectivity index (χ4v) is 11.6. The second-order valence-corrected chi connectivity index (χ2v) is 28.1. The molecule has 0 amide bonds. The van der Waals surface area contributed by atoms with Crippen molar-refractivity contribution in [2.45, 2.75) is 329 Å². The number of ether oxygens (including phenoxy) is 4. The molecule has 0 aromatic rings. The van der Waals surface area contributed by atoms with E-state index < -0.39 is 97.5 Å². The quantitative estimate of drug-likeness (QED) is 0.0169. The van der Waals surface area contributed by atoms with E-state index >= 15 is 0 Å². The summed E-state index contributed by atoms with van der Waals surface area (Å²) in [7, 11) is -9.96. The van der Waals surface area contributed by atoms with E-state index in [9.17, 15) is 43.2 Å². The van der Waals surface area contributed by atoms with Crippen LogP contribution in [0, 0.1) is 0 Å². The zero-order valence-electron chi connectivity index (χ0n) is 61.4. The number of aliphatic hydroxyl groups is 1. The fourth-order valence-electron chi connectivity index (χ4n) is 10.0. The van der Waals surface area contributed by atoms with Crippen molar-refractivity contribution in [2.24, 2.45) is 0 Å². The largest absolute Gasteiger partial charge is 0.472 e. The first-order valence-electron chi connectivity index (χ1n) is 38.1. The van der Waals surface area contributed by atoms with Gasteiger partial charge in [-0.05, 0) is 96.3 Å². The Hall–Kier alpha value is -4.28. The van der Waals surface area contributed by atoms with Crippen molar-refractivity contribution < 1.29 is 80.2 Å². The fraction of sp³-hybridized carbons (Fsp3) is 0.722. The Labute approximate surface area is 594 Å².